The van der Waals surface area contributed by atoms with Crippen LogP contribution in [0.5, 0.6) is 0 Å². The Morgan fingerprint density at radius 3 is 2.65 bits per heavy atom. The molecule has 34 heavy (non-hydrogen) atoms. The highest BCUT2D eigenvalue weighted by Gasteiger charge is 2.30. The highest BCUT2D eigenvalue weighted by atomic mass is 19.4. The molecule has 6 nitrogen and oxygen atoms in total. The Morgan fingerprint density at radius 1 is 1.26 bits per heavy atom. The van der Waals surface area contributed by atoms with Crippen molar-refractivity contribution in [1.29, 1.82) is 0 Å². The maximum atomic E-state index is 12.7. The summed E-state index contributed by atoms with van der Waals surface area (Å²) in [7, 11) is 0. The first kappa shape index (κ1) is 24.8. The standard InChI is InChI=1S/C25H27F3N6/c1-6-9-19-14-30-34(23(19)8-3)24-11-10-22(12-17(24)4)33-16-21(31-32-33)15-29-20(7-2)13-18(5)25(26,27)28/h6,8-14,16,29H,3,5,7,15H2,1-2,4H3/b9-6-,20-13+. The topological polar surface area (TPSA) is 60.6 Å². The lowest BCUT2D eigenvalue weighted by atomic mass is 10.1. The van der Waals surface area contributed by atoms with Crippen molar-refractivity contribution in [3.63, 3.8) is 0 Å². The zero-order chi connectivity index (χ0) is 24.9. The van der Waals surface area contributed by atoms with E-state index in [1.807, 2.05) is 48.9 Å². The van der Waals surface area contributed by atoms with E-state index in [4.69, 9.17) is 0 Å². The molecule has 3 rings (SSSR count). The number of hydrogen-bond donors (Lipinski definition) is 1. The van der Waals surface area contributed by atoms with Crippen molar-refractivity contribution in [2.24, 2.45) is 0 Å². The first-order valence-electron chi connectivity index (χ1n) is 10.7. The van der Waals surface area contributed by atoms with E-state index in [1.54, 1.807) is 30.1 Å². The van der Waals surface area contributed by atoms with Crippen LogP contribution in [-0.2, 0) is 6.54 Å². The third kappa shape index (κ3) is 5.54. The number of rotatable bonds is 9. The number of benzene rings is 1. The molecular weight excluding hydrogens is 441 g/mol. The van der Waals surface area contributed by atoms with Crippen molar-refractivity contribution < 1.29 is 13.2 Å². The van der Waals surface area contributed by atoms with E-state index in [9.17, 15) is 13.2 Å². The molecule has 3 aromatic rings. The van der Waals surface area contributed by atoms with Crippen LogP contribution >= 0.6 is 0 Å². The van der Waals surface area contributed by atoms with Crippen molar-refractivity contribution in [2.45, 2.75) is 39.9 Å². The summed E-state index contributed by atoms with van der Waals surface area (Å²) in [6, 6.07) is 5.82. The Balaban J connectivity index is 1.77. The number of nitrogens with one attached hydrogen (secondary N) is 1. The molecule has 178 valence electrons. The van der Waals surface area contributed by atoms with Gasteiger partial charge in [0.1, 0.15) is 5.69 Å². The number of aromatic nitrogens is 5. The lowest BCUT2D eigenvalue weighted by Gasteiger charge is -2.11. The normalized spacial score (nSPS) is 12.4. The third-order valence-corrected chi connectivity index (χ3v) is 5.18. The van der Waals surface area contributed by atoms with Crippen molar-refractivity contribution in [1.82, 2.24) is 30.1 Å². The molecule has 1 aromatic carbocycles. The lowest BCUT2D eigenvalue weighted by Crippen LogP contribution is -2.15. The molecule has 0 saturated carbocycles. The molecule has 0 radical (unpaired) electrons. The van der Waals surface area contributed by atoms with Gasteiger partial charge < -0.3 is 5.32 Å². The number of aryl methyl sites for hydroxylation is 1. The second-order valence-electron chi connectivity index (χ2n) is 7.63. The summed E-state index contributed by atoms with van der Waals surface area (Å²) in [6.45, 7) is 12.9. The second kappa shape index (κ2) is 10.4. The summed E-state index contributed by atoms with van der Waals surface area (Å²) < 4.78 is 41.7. The average Bonchev–Trinajstić information content (AvgIpc) is 3.43. The van der Waals surface area contributed by atoms with Gasteiger partial charge in [-0.15, -0.1) is 5.10 Å². The number of nitrogens with zero attached hydrogens (tertiary/aromatic N) is 5. The van der Waals surface area contributed by atoms with Crippen LogP contribution < -0.4 is 5.32 Å². The molecule has 0 aliphatic heterocycles. The first-order chi connectivity index (χ1) is 16.2. The molecule has 0 amide bonds. The van der Waals surface area contributed by atoms with Gasteiger partial charge in [0.25, 0.3) is 0 Å². The van der Waals surface area contributed by atoms with Crippen molar-refractivity contribution >= 4 is 12.2 Å². The van der Waals surface area contributed by atoms with Crippen LogP contribution in [0.25, 0.3) is 23.5 Å². The zero-order valence-corrected chi connectivity index (χ0v) is 19.4. The quantitative estimate of drug-likeness (QED) is 0.395. The van der Waals surface area contributed by atoms with E-state index >= 15 is 0 Å². The molecule has 2 aromatic heterocycles. The molecule has 0 atom stereocenters. The van der Waals surface area contributed by atoms with Gasteiger partial charge in [-0.3, -0.25) is 0 Å². The smallest absolute Gasteiger partial charge is 0.383 e. The summed E-state index contributed by atoms with van der Waals surface area (Å²) in [5.41, 5.74) is 4.70. The van der Waals surface area contributed by atoms with Gasteiger partial charge in [-0.05, 0) is 56.2 Å². The summed E-state index contributed by atoms with van der Waals surface area (Å²) in [4.78, 5) is 0. The number of hydrogen-bond acceptors (Lipinski definition) is 4. The van der Waals surface area contributed by atoms with E-state index in [1.165, 1.54) is 0 Å². The van der Waals surface area contributed by atoms with Crippen molar-refractivity contribution in [3.05, 3.63) is 89.7 Å². The van der Waals surface area contributed by atoms with Crippen LogP contribution in [0.15, 0.2) is 67.2 Å². The van der Waals surface area contributed by atoms with E-state index < -0.39 is 11.7 Å². The molecular formula is C25H27F3N6. The van der Waals surface area contributed by atoms with Gasteiger partial charge >= 0.3 is 6.18 Å². The van der Waals surface area contributed by atoms with Crippen molar-refractivity contribution in [2.75, 3.05) is 0 Å². The fourth-order valence-corrected chi connectivity index (χ4v) is 3.37. The molecule has 0 aliphatic carbocycles. The highest BCUT2D eigenvalue weighted by molar-refractivity contribution is 5.64. The number of halogens is 3. The second-order valence-corrected chi connectivity index (χ2v) is 7.63. The largest absolute Gasteiger partial charge is 0.415 e. The van der Waals surface area contributed by atoms with Crippen molar-refractivity contribution in [3.8, 4) is 11.4 Å². The monoisotopic (exact) mass is 468 g/mol. The van der Waals surface area contributed by atoms with Crippen LogP contribution in [0.1, 0.15) is 42.8 Å². The SMILES string of the molecule is C=Cc1c(/C=C\C)cnn1-c1ccc(-n2cc(CN/C(=C/C(=C)C(F)(F)F)CC)nn2)cc1C. The lowest BCUT2D eigenvalue weighted by molar-refractivity contribution is -0.0879. The summed E-state index contributed by atoms with van der Waals surface area (Å²) in [5, 5.41) is 15.8. The molecule has 0 aliphatic rings. The van der Waals surface area contributed by atoms with Gasteiger partial charge in [0, 0.05) is 11.3 Å². The maximum absolute atomic E-state index is 12.7. The minimum absolute atomic E-state index is 0.242. The summed E-state index contributed by atoms with van der Waals surface area (Å²) >= 11 is 0. The van der Waals surface area contributed by atoms with Gasteiger partial charge in [-0.2, -0.15) is 18.3 Å². The van der Waals surface area contributed by atoms with Crippen LogP contribution in [-0.4, -0.2) is 31.0 Å². The van der Waals surface area contributed by atoms with E-state index in [0.29, 0.717) is 17.8 Å². The fraction of sp³-hybridized carbons (Fsp3) is 0.240. The van der Waals surface area contributed by atoms with Crippen LogP contribution in [0.2, 0.25) is 0 Å². The molecule has 0 unspecified atom stereocenters. The molecule has 2 heterocycles. The van der Waals surface area contributed by atoms with Gasteiger partial charge in [-0.25, -0.2) is 9.36 Å². The Hall–Kier alpha value is -3.88. The maximum Gasteiger partial charge on any atom is 0.415 e. The predicted molar refractivity (Wildman–Crippen MR) is 128 cm³/mol. The van der Waals surface area contributed by atoms with Gasteiger partial charge in [0.15, 0.2) is 0 Å². The Morgan fingerprint density at radius 2 is 2.03 bits per heavy atom. The molecule has 0 spiro atoms. The Bertz CT molecular complexity index is 1240. The van der Waals surface area contributed by atoms with Gasteiger partial charge in [0.2, 0.25) is 0 Å². The summed E-state index contributed by atoms with van der Waals surface area (Å²) in [5.74, 6) is 0. The Labute approximate surface area is 196 Å². The molecule has 9 heteroatoms. The van der Waals surface area contributed by atoms with Gasteiger partial charge in [-0.1, -0.05) is 37.4 Å². The number of alkyl halides is 3. The minimum atomic E-state index is -4.45. The first-order valence-corrected chi connectivity index (χ1v) is 10.7. The van der Waals surface area contributed by atoms with Crippen LogP contribution in [0.3, 0.4) is 0 Å². The highest BCUT2D eigenvalue weighted by Crippen LogP contribution is 2.26. The van der Waals surface area contributed by atoms with E-state index in [2.05, 4.69) is 33.9 Å². The van der Waals surface area contributed by atoms with E-state index in [-0.39, 0.29) is 6.54 Å². The third-order valence-electron chi connectivity index (χ3n) is 5.18. The minimum Gasteiger partial charge on any atom is -0.383 e. The predicted octanol–water partition coefficient (Wildman–Crippen LogP) is 5.94. The Kier molecular flexibility index (Phi) is 7.55. The number of allylic oxidation sites excluding steroid dienone is 4. The molecule has 0 bridgehead atoms. The van der Waals surface area contributed by atoms with E-state index in [0.717, 1.165) is 34.3 Å². The summed E-state index contributed by atoms with van der Waals surface area (Å²) in [6.07, 6.45) is 6.20. The molecule has 0 saturated heterocycles. The fourth-order valence-electron chi connectivity index (χ4n) is 3.37. The average molecular weight is 469 g/mol. The van der Waals surface area contributed by atoms with Crippen LogP contribution in [0.4, 0.5) is 13.2 Å². The molecule has 0 fully saturated rings. The van der Waals surface area contributed by atoms with Gasteiger partial charge in [0.05, 0.1) is 41.6 Å². The molecule has 1 N–H and O–H groups in total. The van der Waals surface area contributed by atoms with Crippen LogP contribution in [0, 0.1) is 6.92 Å². The zero-order valence-electron chi connectivity index (χ0n) is 19.4.